The zero-order chi connectivity index (χ0) is 11.7. The second-order valence-corrected chi connectivity index (χ2v) is 4.99. The molecular weight excluding hydrogens is 210 g/mol. The van der Waals surface area contributed by atoms with E-state index in [1.54, 1.807) is 0 Å². The van der Waals surface area contributed by atoms with Gasteiger partial charge in [-0.1, -0.05) is 30.3 Å². The average molecular weight is 229 g/mol. The van der Waals surface area contributed by atoms with Crippen LogP contribution in [-0.2, 0) is 10.2 Å². The van der Waals surface area contributed by atoms with Crippen LogP contribution in [0.25, 0.3) is 0 Å². The van der Waals surface area contributed by atoms with Crippen molar-refractivity contribution >= 4 is 0 Å². The molecule has 1 N–H and O–H groups in total. The number of hydrogen-bond acceptors (Lipinski definition) is 2. The quantitative estimate of drug-likeness (QED) is 0.857. The first-order chi connectivity index (χ1) is 8.37. The van der Waals surface area contributed by atoms with Crippen LogP contribution >= 0.6 is 0 Å². The lowest BCUT2D eigenvalue weighted by Gasteiger charge is -2.27. The zero-order valence-electron chi connectivity index (χ0n) is 10.3. The number of benzene rings is 1. The molecule has 0 bridgehead atoms. The molecule has 1 saturated carbocycles. The van der Waals surface area contributed by atoms with Crippen molar-refractivity contribution in [2.45, 2.75) is 30.7 Å². The highest BCUT2D eigenvalue weighted by molar-refractivity contribution is 5.37. The third-order valence-corrected chi connectivity index (χ3v) is 4.00. The Kier molecular flexibility index (Phi) is 2.67. The van der Waals surface area contributed by atoms with Crippen molar-refractivity contribution in [3.8, 4) is 0 Å². The van der Waals surface area contributed by atoms with Gasteiger partial charge in [0, 0.05) is 11.8 Å². The van der Waals surface area contributed by atoms with Gasteiger partial charge in [0.2, 0.25) is 0 Å². The van der Waals surface area contributed by atoms with E-state index in [1.165, 1.54) is 18.4 Å². The molecule has 0 aromatic heterocycles. The molecule has 2 aliphatic rings. The van der Waals surface area contributed by atoms with E-state index in [0.29, 0.717) is 6.04 Å². The topological polar surface area (TPSA) is 21.3 Å². The number of likely N-dealkylation sites (N-methyl/N-ethyl adjacent to an activating group) is 1. The molecule has 1 atom stereocenters. The lowest BCUT2D eigenvalue weighted by molar-refractivity contribution is 0.205. The maximum atomic E-state index is 5.75. The second kappa shape index (κ2) is 4.19. The highest BCUT2D eigenvalue weighted by atomic mass is 16.5. The first-order valence-corrected chi connectivity index (χ1v) is 6.42. The largest absolute Gasteiger partial charge is 0.496 e. The molecule has 1 aliphatic carbocycles. The van der Waals surface area contributed by atoms with Gasteiger partial charge in [-0.05, 0) is 31.5 Å². The van der Waals surface area contributed by atoms with E-state index in [-0.39, 0.29) is 5.41 Å². The van der Waals surface area contributed by atoms with Gasteiger partial charge in [0.1, 0.15) is 5.76 Å². The molecule has 1 aliphatic heterocycles. The Bertz CT molecular complexity index is 420. The van der Waals surface area contributed by atoms with Crippen molar-refractivity contribution in [2.24, 2.45) is 0 Å². The predicted octanol–water partition coefficient (Wildman–Crippen LogP) is 2.61. The van der Waals surface area contributed by atoms with E-state index in [4.69, 9.17) is 4.74 Å². The van der Waals surface area contributed by atoms with Crippen LogP contribution in [-0.4, -0.2) is 19.7 Å². The maximum absolute atomic E-state index is 5.75. The van der Waals surface area contributed by atoms with Crippen molar-refractivity contribution in [3.05, 3.63) is 47.7 Å². The van der Waals surface area contributed by atoms with E-state index in [9.17, 15) is 0 Å². The lowest BCUT2D eigenvalue weighted by atomic mass is 9.87. The van der Waals surface area contributed by atoms with Crippen LogP contribution < -0.4 is 5.32 Å². The normalized spacial score (nSPS) is 22.8. The summed E-state index contributed by atoms with van der Waals surface area (Å²) >= 11 is 0. The van der Waals surface area contributed by atoms with Gasteiger partial charge in [-0.25, -0.2) is 0 Å². The van der Waals surface area contributed by atoms with Gasteiger partial charge in [-0.2, -0.15) is 0 Å². The fourth-order valence-corrected chi connectivity index (χ4v) is 2.98. The van der Waals surface area contributed by atoms with Gasteiger partial charge < -0.3 is 10.1 Å². The molecule has 2 nitrogen and oxygen atoms in total. The molecule has 0 spiro atoms. The van der Waals surface area contributed by atoms with Crippen LogP contribution in [0.3, 0.4) is 0 Å². The summed E-state index contributed by atoms with van der Waals surface area (Å²) in [6, 6.07) is 11.2. The molecule has 3 rings (SSSR count). The Morgan fingerprint density at radius 3 is 2.53 bits per heavy atom. The highest BCUT2D eigenvalue weighted by Crippen LogP contribution is 2.53. The van der Waals surface area contributed by atoms with E-state index in [2.05, 4.69) is 41.7 Å². The molecular formula is C15H19NO. The van der Waals surface area contributed by atoms with Crippen LogP contribution in [0.15, 0.2) is 42.2 Å². The van der Waals surface area contributed by atoms with Gasteiger partial charge in [0.15, 0.2) is 0 Å². The van der Waals surface area contributed by atoms with Crippen LogP contribution in [0.4, 0.5) is 0 Å². The highest BCUT2D eigenvalue weighted by Gasteiger charge is 2.52. The Morgan fingerprint density at radius 1 is 1.24 bits per heavy atom. The zero-order valence-corrected chi connectivity index (χ0v) is 10.3. The van der Waals surface area contributed by atoms with Crippen LogP contribution in [0.5, 0.6) is 0 Å². The third-order valence-electron chi connectivity index (χ3n) is 4.00. The first kappa shape index (κ1) is 10.8. The smallest absolute Gasteiger partial charge is 0.110 e. The summed E-state index contributed by atoms with van der Waals surface area (Å²) in [5, 5.41) is 3.45. The maximum Gasteiger partial charge on any atom is 0.110 e. The summed E-state index contributed by atoms with van der Waals surface area (Å²) in [7, 11) is 2.04. The second-order valence-electron chi connectivity index (χ2n) is 4.99. The van der Waals surface area contributed by atoms with Crippen molar-refractivity contribution < 1.29 is 4.74 Å². The summed E-state index contributed by atoms with van der Waals surface area (Å²) in [4.78, 5) is 0. The van der Waals surface area contributed by atoms with Gasteiger partial charge >= 0.3 is 0 Å². The third kappa shape index (κ3) is 1.77. The molecule has 1 heterocycles. The van der Waals surface area contributed by atoms with Crippen LogP contribution in [0.2, 0.25) is 0 Å². The summed E-state index contributed by atoms with van der Waals surface area (Å²) < 4.78 is 5.75. The van der Waals surface area contributed by atoms with Crippen LogP contribution in [0, 0.1) is 0 Å². The predicted molar refractivity (Wildman–Crippen MR) is 68.9 cm³/mol. The molecule has 0 amide bonds. The number of rotatable bonds is 4. The lowest BCUT2D eigenvalue weighted by Crippen LogP contribution is -2.39. The van der Waals surface area contributed by atoms with Gasteiger partial charge in [0.05, 0.1) is 12.6 Å². The molecule has 1 fully saturated rings. The summed E-state index contributed by atoms with van der Waals surface area (Å²) in [5.41, 5.74) is 1.71. The Hall–Kier alpha value is -1.28. The minimum absolute atomic E-state index is 0.270. The van der Waals surface area contributed by atoms with Crippen molar-refractivity contribution in [2.75, 3.05) is 13.7 Å². The first-order valence-electron chi connectivity index (χ1n) is 6.42. The van der Waals surface area contributed by atoms with E-state index in [0.717, 1.165) is 18.8 Å². The van der Waals surface area contributed by atoms with E-state index < -0.39 is 0 Å². The standard InChI is InChI=1S/C15H19NO/c1-16-14(13-8-5-11-17-13)15(9-10-15)12-6-3-2-4-7-12/h2-4,6-8,14,16H,5,9-11H2,1H3. The fraction of sp³-hybridized carbons (Fsp3) is 0.467. The monoisotopic (exact) mass is 229 g/mol. The van der Waals surface area contributed by atoms with Gasteiger partial charge in [-0.15, -0.1) is 0 Å². The Balaban J connectivity index is 1.91. The minimum Gasteiger partial charge on any atom is -0.496 e. The number of ether oxygens (including phenoxy) is 1. The fourth-order valence-electron chi connectivity index (χ4n) is 2.98. The summed E-state index contributed by atoms with van der Waals surface area (Å²) in [6.45, 7) is 0.846. The average Bonchev–Trinajstić information content (AvgIpc) is 3.00. The molecule has 1 aromatic rings. The molecule has 1 unspecified atom stereocenters. The minimum atomic E-state index is 0.270. The molecule has 1 aromatic carbocycles. The summed E-state index contributed by atoms with van der Waals surface area (Å²) in [5.74, 6) is 1.15. The van der Waals surface area contributed by atoms with Crippen LogP contribution in [0.1, 0.15) is 24.8 Å². The van der Waals surface area contributed by atoms with Crippen molar-refractivity contribution in [3.63, 3.8) is 0 Å². The SMILES string of the molecule is CNC(C1=CCCO1)C1(c2ccccc2)CC1. The number of nitrogens with one attached hydrogen (secondary N) is 1. The van der Waals surface area contributed by atoms with Crippen molar-refractivity contribution in [1.29, 1.82) is 0 Å². The Morgan fingerprint density at radius 2 is 2.00 bits per heavy atom. The van der Waals surface area contributed by atoms with E-state index >= 15 is 0 Å². The number of hydrogen-bond donors (Lipinski definition) is 1. The molecule has 0 saturated heterocycles. The van der Waals surface area contributed by atoms with E-state index in [1.807, 2.05) is 7.05 Å². The summed E-state index contributed by atoms with van der Waals surface area (Å²) in [6.07, 6.45) is 5.80. The molecule has 17 heavy (non-hydrogen) atoms. The Labute approximate surface area is 103 Å². The molecule has 90 valence electrons. The van der Waals surface area contributed by atoms with Gasteiger partial charge in [0.25, 0.3) is 0 Å². The van der Waals surface area contributed by atoms with Crippen molar-refractivity contribution in [1.82, 2.24) is 5.32 Å². The molecule has 2 heteroatoms. The van der Waals surface area contributed by atoms with Gasteiger partial charge in [-0.3, -0.25) is 0 Å². The molecule has 0 radical (unpaired) electrons.